The zero-order valence-corrected chi connectivity index (χ0v) is 11.0. The van der Waals surface area contributed by atoms with Crippen molar-refractivity contribution < 1.29 is 14.2 Å². The van der Waals surface area contributed by atoms with Crippen molar-refractivity contribution in [2.45, 2.75) is 50.4 Å². The smallest absolute Gasteiger partial charge is 0.0751 e. The van der Waals surface area contributed by atoms with E-state index in [0.29, 0.717) is 6.10 Å². The molecule has 4 nitrogen and oxygen atoms in total. The van der Waals surface area contributed by atoms with Gasteiger partial charge in [0, 0.05) is 32.8 Å². The number of hydrogen-bond acceptors (Lipinski definition) is 4. The molecule has 2 aliphatic rings. The fraction of sp³-hybridized carbons (Fsp3) is 1.00. The van der Waals surface area contributed by atoms with E-state index < -0.39 is 0 Å². The highest BCUT2D eigenvalue weighted by Gasteiger charge is 2.39. The van der Waals surface area contributed by atoms with Gasteiger partial charge < -0.3 is 19.5 Å². The predicted octanol–water partition coefficient (Wildman–Crippen LogP) is 1.34. The van der Waals surface area contributed by atoms with Crippen LogP contribution in [-0.4, -0.2) is 51.2 Å². The lowest BCUT2D eigenvalue weighted by Gasteiger charge is -2.43. The molecule has 0 bridgehead atoms. The minimum absolute atomic E-state index is 0.0422. The summed E-state index contributed by atoms with van der Waals surface area (Å²) in [6.45, 7) is 5.53. The predicted molar refractivity (Wildman–Crippen MR) is 66.2 cm³/mol. The third-order valence-electron chi connectivity index (χ3n) is 3.77. The van der Waals surface area contributed by atoms with Gasteiger partial charge in [0.15, 0.2) is 0 Å². The Bertz CT molecular complexity index is 223. The summed E-state index contributed by atoms with van der Waals surface area (Å²) in [7, 11) is 1.96. The lowest BCUT2D eigenvalue weighted by molar-refractivity contribution is -0.176. The largest absolute Gasteiger partial charge is 0.381 e. The first-order valence-electron chi connectivity index (χ1n) is 6.76. The molecular weight excluding hydrogens is 218 g/mol. The first kappa shape index (κ1) is 13.3. The van der Waals surface area contributed by atoms with Crippen LogP contribution in [0.25, 0.3) is 0 Å². The summed E-state index contributed by atoms with van der Waals surface area (Å²) in [6, 6.07) is 0. The molecule has 4 heteroatoms. The summed E-state index contributed by atoms with van der Waals surface area (Å²) in [5.74, 6) is 0. The second-order valence-electron chi connectivity index (χ2n) is 5.26. The summed E-state index contributed by atoms with van der Waals surface area (Å²) in [5.41, 5.74) is 0.0422. The van der Waals surface area contributed by atoms with Gasteiger partial charge in [-0.2, -0.15) is 0 Å². The van der Waals surface area contributed by atoms with Crippen molar-refractivity contribution in [2.24, 2.45) is 0 Å². The standard InChI is InChI=1S/C13H25NO3/c1-11(10-14-2)17-12-3-6-16-13(9-12)4-7-15-8-5-13/h11-12,14H,3-10H2,1-2H3. The monoisotopic (exact) mass is 243 g/mol. The van der Waals surface area contributed by atoms with Crippen LogP contribution in [0.3, 0.4) is 0 Å². The quantitative estimate of drug-likeness (QED) is 0.809. The molecule has 2 saturated heterocycles. The molecule has 0 saturated carbocycles. The molecule has 2 atom stereocenters. The zero-order chi connectivity index (χ0) is 12.1. The van der Waals surface area contributed by atoms with E-state index in [1.807, 2.05) is 7.05 Å². The van der Waals surface area contributed by atoms with Crippen molar-refractivity contribution in [3.63, 3.8) is 0 Å². The molecule has 17 heavy (non-hydrogen) atoms. The van der Waals surface area contributed by atoms with Gasteiger partial charge in [-0.1, -0.05) is 0 Å². The maximum atomic E-state index is 6.08. The molecular formula is C13H25NO3. The van der Waals surface area contributed by atoms with E-state index in [1.54, 1.807) is 0 Å². The maximum Gasteiger partial charge on any atom is 0.0751 e. The maximum absolute atomic E-state index is 6.08. The Kier molecular flexibility index (Phi) is 4.79. The minimum Gasteiger partial charge on any atom is -0.381 e. The highest BCUT2D eigenvalue weighted by Crippen LogP contribution is 2.35. The van der Waals surface area contributed by atoms with Crippen LogP contribution in [0.4, 0.5) is 0 Å². The van der Waals surface area contributed by atoms with E-state index in [0.717, 1.165) is 52.0 Å². The summed E-state index contributed by atoms with van der Waals surface area (Å²) >= 11 is 0. The van der Waals surface area contributed by atoms with Crippen LogP contribution in [0.1, 0.15) is 32.6 Å². The van der Waals surface area contributed by atoms with Crippen LogP contribution in [0.15, 0.2) is 0 Å². The molecule has 0 amide bonds. The molecule has 0 aliphatic carbocycles. The van der Waals surface area contributed by atoms with Crippen molar-refractivity contribution in [2.75, 3.05) is 33.4 Å². The fourth-order valence-corrected chi connectivity index (χ4v) is 2.85. The van der Waals surface area contributed by atoms with E-state index >= 15 is 0 Å². The van der Waals surface area contributed by atoms with Gasteiger partial charge in [0.1, 0.15) is 0 Å². The molecule has 2 unspecified atom stereocenters. The Morgan fingerprint density at radius 2 is 2.12 bits per heavy atom. The van der Waals surface area contributed by atoms with Crippen molar-refractivity contribution in [1.82, 2.24) is 5.32 Å². The summed E-state index contributed by atoms with van der Waals surface area (Å²) in [6.07, 6.45) is 4.73. The Labute approximate surface area is 104 Å². The van der Waals surface area contributed by atoms with E-state index in [9.17, 15) is 0 Å². The molecule has 0 aromatic heterocycles. The molecule has 1 spiro atoms. The van der Waals surface area contributed by atoms with Gasteiger partial charge in [-0.25, -0.2) is 0 Å². The Morgan fingerprint density at radius 3 is 2.82 bits per heavy atom. The molecule has 2 fully saturated rings. The molecule has 0 aromatic carbocycles. The topological polar surface area (TPSA) is 39.7 Å². The zero-order valence-electron chi connectivity index (χ0n) is 11.0. The van der Waals surface area contributed by atoms with Crippen LogP contribution in [0.2, 0.25) is 0 Å². The van der Waals surface area contributed by atoms with E-state index in [1.165, 1.54) is 0 Å². The summed E-state index contributed by atoms with van der Waals surface area (Å²) in [5, 5.41) is 3.15. The van der Waals surface area contributed by atoms with Gasteiger partial charge in [-0.05, 0) is 33.2 Å². The third kappa shape index (κ3) is 3.65. The van der Waals surface area contributed by atoms with Gasteiger partial charge in [-0.15, -0.1) is 0 Å². The lowest BCUT2D eigenvalue weighted by atomic mass is 9.85. The third-order valence-corrected chi connectivity index (χ3v) is 3.77. The summed E-state index contributed by atoms with van der Waals surface area (Å²) < 4.78 is 17.5. The SMILES string of the molecule is CNCC(C)OC1CCOC2(CCOCC2)C1. The van der Waals surface area contributed by atoms with Gasteiger partial charge in [0.2, 0.25) is 0 Å². The number of ether oxygens (including phenoxy) is 3. The highest BCUT2D eigenvalue weighted by molar-refractivity contribution is 4.89. The van der Waals surface area contributed by atoms with Crippen LogP contribution >= 0.6 is 0 Å². The first-order chi connectivity index (χ1) is 8.24. The lowest BCUT2D eigenvalue weighted by Crippen LogP contribution is -2.47. The molecule has 0 aromatic rings. The number of likely N-dealkylation sites (N-methyl/N-ethyl adjacent to an activating group) is 1. The number of nitrogens with one attached hydrogen (secondary N) is 1. The highest BCUT2D eigenvalue weighted by atomic mass is 16.5. The molecule has 0 radical (unpaired) electrons. The van der Waals surface area contributed by atoms with E-state index in [2.05, 4.69) is 12.2 Å². The molecule has 2 rings (SSSR count). The van der Waals surface area contributed by atoms with E-state index in [-0.39, 0.29) is 11.7 Å². The average molecular weight is 243 g/mol. The Morgan fingerprint density at radius 1 is 1.35 bits per heavy atom. The molecule has 1 N–H and O–H groups in total. The second kappa shape index (κ2) is 6.14. The van der Waals surface area contributed by atoms with Gasteiger partial charge in [0.25, 0.3) is 0 Å². The molecule has 100 valence electrons. The van der Waals surface area contributed by atoms with E-state index in [4.69, 9.17) is 14.2 Å². The first-order valence-corrected chi connectivity index (χ1v) is 6.76. The van der Waals surface area contributed by atoms with Crippen LogP contribution in [0.5, 0.6) is 0 Å². The Hall–Kier alpha value is -0.160. The number of rotatable bonds is 4. The van der Waals surface area contributed by atoms with Crippen LogP contribution in [0, 0.1) is 0 Å². The van der Waals surface area contributed by atoms with Crippen molar-refractivity contribution in [3.05, 3.63) is 0 Å². The second-order valence-corrected chi connectivity index (χ2v) is 5.26. The van der Waals surface area contributed by atoms with Crippen molar-refractivity contribution in [1.29, 1.82) is 0 Å². The van der Waals surface area contributed by atoms with Crippen LogP contribution in [-0.2, 0) is 14.2 Å². The Balaban J connectivity index is 1.83. The van der Waals surface area contributed by atoms with Crippen molar-refractivity contribution >= 4 is 0 Å². The number of hydrogen-bond donors (Lipinski definition) is 1. The fourth-order valence-electron chi connectivity index (χ4n) is 2.85. The summed E-state index contributed by atoms with van der Waals surface area (Å²) in [4.78, 5) is 0. The molecule has 2 heterocycles. The van der Waals surface area contributed by atoms with Crippen molar-refractivity contribution in [3.8, 4) is 0 Å². The van der Waals surface area contributed by atoms with Gasteiger partial charge >= 0.3 is 0 Å². The molecule has 2 aliphatic heterocycles. The van der Waals surface area contributed by atoms with Gasteiger partial charge in [0.05, 0.1) is 17.8 Å². The normalized spacial score (nSPS) is 30.4. The van der Waals surface area contributed by atoms with Crippen LogP contribution < -0.4 is 5.32 Å². The average Bonchev–Trinajstić information content (AvgIpc) is 2.30. The van der Waals surface area contributed by atoms with Gasteiger partial charge in [-0.3, -0.25) is 0 Å². The minimum atomic E-state index is 0.0422.